The normalized spacial score (nSPS) is 15.0. The van der Waals surface area contributed by atoms with Gasteiger partial charge in [0, 0.05) is 39.8 Å². The first-order valence-corrected chi connectivity index (χ1v) is 9.39. The molecule has 1 aliphatic rings. The maximum Gasteiger partial charge on any atom is 0.250 e. The number of likely N-dealkylation sites (tertiary alicyclic amines) is 1. The minimum absolute atomic E-state index is 0.100. The summed E-state index contributed by atoms with van der Waals surface area (Å²) in [6, 6.07) is 9.28. The van der Waals surface area contributed by atoms with Gasteiger partial charge < -0.3 is 10.2 Å². The van der Waals surface area contributed by atoms with Crippen molar-refractivity contribution in [2.75, 3.05) is 18.4 Å². The van der Waals surface area contributed by atoms with Gasteiger partial charge in [-0.25, -0.2) is 0 Å². The van der Waals surface area contributed by atoms with Crippen molar-refractivity contribution < 1.29 is 4.79 Å². The van der Waals surface area contributed by atoms with E-state index in [2.05, 4.69) is 10.2 Å². The first kappa shape index (κ1) is 17.3. The van der Waals surface area contributed by atoms with Crippen LogP contribution in [0, 0.1) is 0 Å². The van der Waals surface area contributed by atoms with Crippen LogP contribution in [0.1, 0.15) is 19.8 Å². The Balaban J connectivity index is 1.69. The Morgan fingerprint density at radius 1 is 1.17 bits per heavy atom. The van der Waals surface area contributed by atoms with Crippen molar-refractivity contribution in [3.05, 3.63) is 52.2 Å². The molecule has 1 amide bonds. The van der Waals surface area contributed by atoms with Crippen LogP contribution < -0.4 is 5.32 Å². The second kappa shape index (κ2) is 7.60. The van der Waals surface area contributed by atoms with Crippen molar-refractivity contribution in [1.82, 2.24) is 4.90 Å². The first-order chi connectivity index (χ1) is 11.5. The Morgan fingerprint density at radius 2 is 1.83 bits per heavy atom. The van der Waals surface area contributed by atoms with Crippen molar-refractivity contribution in [3.63, 3.8) is 0 Å². The molecule has 3 nitrogen and oxygen atoms in total. The van der Waals surface area contributed by atoms with E-state index >= 15 is 0 Å². The van der Waals surface area contributed by atoms with Gasteiger partial charge in [-0.1, -0.05) is 23.2 Å². The number of thiophene rings is 1. The van der Waals surface area contributed by atoms with Crippen molar-refractivity contribution >= 4 is 45.4 Å². The fraction of sp³-hybridized carbons (Fsp3) is 0.278. The Labute approximate surface area is 155 Å². The minimum Gasteiger partial charge on any atom is -0.375 e. The van der Waals surface area contributed by atoms with Crippen LogP contribution in [0.25, 0.3) is 10.4 Å². The number of halogens is 2. The van der Waals surface area contributed by atoms with Gasteiger partial charge in [-0.15, -0.1) is 11.3 Å². The molecule has 0 radical (unpaired) electrons. The highest BCUT2D eigenvalue weighted by Gasteiger charge is 2.13. The lowest BCUT2D eigenvalue weighted by Gasteiger charge is -2.17. The molecular weight excluding hydrogens is 363 g/mol. The third kappa shape index (κ3) is 4.32. The van der Waals surface area contributed by atoms with Crippen molar-refractivity contribution in [2.45, 2.75) is 19.8 Å². The molecule has 0 unspecified atom stereocenters. The highest BCUT2D eigenvalue weighted by Crippen LogP contribution is 2.34. The van der Waals surface area contributed by atoms with Crippen LogP contribution >= 0.6 is 34.5 Å². The summed E-state index contributed by atoms with van der Waals surface area (Å²) in [5.74, 6) is -0.100. The molecule has 1 saturated heterocycles. The molecule has 1 aromatic carbocycles. The van der Waals surface area contributed by atoms with Crippen LogP contribution in [-0.2, 0) is 4.79 Å². The van der Waals surface area contributed by atoms with Gasteiger partial charge in [0.25, 0.3) is 5.91 Å². The van der Waals surface area contributed by atoms with E-state index in [4.69, 9.17) is 23.2 Å². The van der Waals surface area contributed by atoms with Crippen LogP contribution in [0.3, 0.4) is 0 Å². The lowest BCUT2D eigenvalue weighted by Crippen LogP contribution is -2.19. The topological polar surface area (TPSA) is 32.3 Å². The molecule has 1 fully saturated rings. The first-order valence-electron chi connectivity index (χ1n) is 7.82. The summed E-state index contributed by atoms with van der Waals surface area (Å²) < 4.78 is 0. The molecule has 0 bridgehead atoms. The number of hydrogen-bond donors (Lipinski definition) is 1. The van der Waals surface area contributed by atoms with E-state index < -0.39 is 0 Å². The summed E-state index contributed by atoms with van der Waals surface area (Å²) in [7, 11) is 0. The van der Waals surface area contributed by atoms with Gasteiger partial charge in [0.15, 0.2) is 0 Å². The maximum atomic E-state index is 12.2. The molecular formula is C18H18Cl2N2OS. The number of hydrogen-bond acceptors (Lipinski definition) is 3. The molecule has 3 rings (SSSR count). The molecule has 2 heterocycles. The molecule has 0 spiro atoms. The highest BCUT2D eigenvalue weighted by atomic mass is 35.5. The second-order valence-electron chi connectivity index (χ2n) is 5.79. The molecule has 0 aliphatic carbocycles. The molecule has 126 valence electrons. The van der Waals surface area contributed by atoms with Gasteiger partial charge in [-0.05, 0) is 55.7 Å². The molecule has 24 heavy (non-hydrogen) atoms. The van der Waals surface area contributed by atoms with Crippen molar-refractivity contribution in [1.29, 1.82) is 0 Å². The van der Waals surface area contributed by atoms with Crippen molar-refractivity contribution in [3.8, 4) is 10.4 Å². The second-order valence-corrected chi connectivity index (χ2v) is 7.75. The number of nitrogens with zero attached hydrogens (tertiary/aromatic N) is 1. The van der Waals surface area contributed by atoms with E-state index in [1.807, 2.05) is 31.2 Å². The predicted octanol–water partition coefficient (Wildman–Crippen LogP) is 5.66. The zero-order valence-electron chi connectivity index (χ0n) is 13.3. The number of rotatable bonds is 4. The molecule has 2 aromatic rings. The summed E-state index contributed by atoms with van der Waals surface area (Å²) in [6.07, 6.45) is 4.06. The number of amides is 1. The molecule has 1 aliphatic heterocycles. The number of anilines is 1. The van der Waals surface area contributed by atoms with Crippen LogP contribution in [0.4, 0.5) is 5.00 Å². The average molecular weight is 381 g/mol. The molecule has 0 saturated carbocycles. The largest absolute Gasteiger partial charge is 0.375 e. The zero-order valence-corrected chi connectivity index (χ0v) is 15.6. The third-order valence-electron chi connectivity index (χ3n) is 3.94. The number of carbonyl (C=O) groups excluding carboxylic acids is 1. The van der Waals surface area contributed by atoms with Crippen LogP contribution in [0.5, 0.6) is 0 Å². The molecule has 1 aromatic heterocycles. The summed E-state index contributed by atoms with van der Waals surface area (Å²) in [6.45, 7) is 4.06. The fourth-order valence-electron chi connectivity index (χ4n) is 2.76. The maximum absolute atomic E-state index is 12.2. The SMILES string of the molecule is CC(=CC(=O)Nc1ccc(-c2cc(Cl)cc(Cl)c2)s1)N1CCCC1. The molecule has 1 N–H and O–H groups in total. The minimum atomic E-state index is -0.100. The number of carbonyl (C=O) groups is 1. The van der Waals surface area contributed by atoms with Gasteiger partial charge in [0.2, 0.25) is 0 Å². The van der Waals surface area contributed by atoms with Crippen LogP contribution in [-0.4, -0.2) is 23.9 Å². The quantitative estimate of drug-likeness (QED) is 0.693. The van der Waals surface area contributed by atoms with Gasteiger partial charge in [0.05, 0.1) is 5.00 Å². The van der Waals surface area contributed by atoms with E-state index in [-0.39, 0.29) is 5.91 Å². The van der Waals surface area contributed by atoms with Gasteiger partial charge in [-0.2, -0.15) is 0 Å². The van der Waals surface area contributed by atoms with Crippen LogP contribution in [0.15, 0.2) is 42.1 Å². The Hall–Kier alpha value is -1.49. The summed E-state index contributed by atoms with van der Waals surface area (Å²) in [5.41, 5.74) is 1.96. The standard InChI is InChI=1S/C18H18Cl2N2OS/c1-12(22-6-2-3-7-22)8-17(23)21-18-5-4-16(24-18)13-9-14(19)11-15(20)10-13/h4-5,8-11H,2-3,6-7H2,1H3,(H,21,23). The summed E-state index contributed by atoms with van der Waals surface area (Å²) in [4.78, 5) is 15.4. The van der Waals surface area contributed by atoms with E-state index in [9.17, 15) is 4.79 Å². The van der Waals surface area contributed by atoms with E-state index in [1.54, 1.807) is 12.1 Å². The van der Waals surface area contributed by atoms with Gasteiger partial charge >= 0.3 is 0 Å². The predicted molar refractivity (Wildman–Crippen MR) is 103 cm³/mol. The summed E-state index contributed by atoms with van der Waals surface area (Å²) in [5, 5.41) is 4.92. The Kier molecular flexibility index (Phi) is 5.49. The smallest absolute Gasteiger partial charge is 0.250 e. The third-order valence-corrected chi connectivity index (χ3v) is 5.43. The lowest BCUT2D eigenvalue weighted by atomic mass is 10.2. The van der Waals surface area contributed by atoms with Gasteiger partial charge in [-0.3, -0.25) is 4.79 Å². The van der Waals surface area contributed by atoms with E-state index in [0.717, 1.165) is 34.2 Å². The monoisotopic (exact) mass is 380 g/mol. The fourth-order valence-corrected chi connectivity index (χ4v) is 4.19. The Morgan fingerprint density at radius 3 is 2.50 bits per heavy atom. The number of allylic oxidation sites excluding steroid dienone is 1. The number of nitrogens with one attached hydrogen (secondary N) is 1. The zero-order chi connectivity index (χ0) is 17.1. The lowest BCUT2D eigenvalue weighted by molar-refractivity contribution is -0.112. The summed E-state index contributed by atoms with van der Waals surface area (Å²) >= 11 is 13.6. The van der Waals surface area contributed by atoms with Crippen LogP contribution in [0.2, 0.25) is 10.0 Å². The average Bonchev–Trinajstić information content (AvgIpc) is 3.17. The highest BCUT2D eigenvalue weighted by molar-refractivity contribution is 7.19. The molecule has 0 atom stereocenters. The van der Waals surface area contributed by atoms with E-state index in [1.165, 1.54) is 24.2 Å². The van der Waals surface area contributed by atoms with E-state index in [0.29, 0.717) is 10.0 Å². The number of benzene rings is 1. The van der Waals surface area contributed by atoms with Gasteiger partial charge in [0.1, 0.15) is 0 Å². The Bertz CT molecular complexity index is 759. The van der Waals surface area contributed by atoms with Crippen molar-refractivity contribution in [2.24, 2.45) is 0 Å². The molecule has 6 heteroatoms.